The summed E-state index contributed by atoms with van der Waals surface area (Å²) in [5.74, 6) is -0.0195. The van der Waals surface area contributed by atoms with Crippen LogP contribution < -0.4 is 9.47 Å². The first-order valence-corrected chi connectivity index (χ1v) is 8.67. The molecule has 0 saturated carbocycles. The number of hydrogen-bond acceptors (Lipinski definition) is 3. The number of ether oxygens (including phenoxy) is 2. The number of hydrogen-bond donors (Lipinski definition) is 1. The highest BCUT2D eigenvalue weighted by atomic mass is 19.4. The first-order chi connectivity index (χ1) is 12.8. The standard InChI is InChI=1S/C20H17F3O4/c21-20(22,23)16-3-1-2-15-14(16)6-7-17(15)27-12-4-5-13-11(8-19(24)25)10-26-18(13)9-12/h1-5,9,11,17H,6-8,10H2,(H,24,25)/t11-,17?/m0/s1. The maximum atomic E-state index is 13.2. The molecule has 0 amide bonds. The summed E-state index contributed by atoms with van der Waals surface area (Å²) in [5, 5.41) is 8.96. The summed E-state index contributed by atoms with van der Waals surface area (Å²) in [6, 6.07) is 9.36. The van der Waals surface area contributed by atoms with Crippen molar-refractivity contribution in [1.82, 2.24) is 0 Å². The number of benzene rings is 2. The van der Waals surface area contributed by atoms with Crippen molar-refractivity contribution in [3.8, 4) is 11.5 Å². The summed E-state index contributed by atoms with van der Waals surface area (Å²) in [7, 11) is 0. The first-order valence-electron chi connectivity index (χ1n) is 8.67. The summed E-state index contributed by atoms with van der Waals surface area (Å²) in [5.41, 5.74) is 1.08. The van der Waals surface area contributed by atoms with Gasteiger partial charge in [0.25, 0.3) is 0 Å². The smallest absolute Gasteiger partial charge is 0.416 e. The van der Waals surface area contributed by atoms with Crippen LogP contribution in [0.5, 0.6) is 11.5 Å². The van der Waals surface area contributed by atoms with E-state index in [1.165, 1.54) is 6.07 Å². The molecule has 0 aromatic heterocycles. The molecule has 1 unspecified atom stereocenters. The van der Waals surface area contributed by atoms with Crippen LogP contribution in [0.15, 0.2) is 36.4 Å². The monoisotopic (exact) mass is 378 g/mol. The molecule has 1 aliphatic heterocycles. The van der Waals surface area contributed by atoms with Gasteiger partial charge in [-0.3, -0.25) is 4.79 Å². The van der Waals surface area contributed by atoms with Crippen LogP contribution in [0.4, 0.5) is 13.2 Å². The Kier molecular flexibility index (Phi) is 4.25. The summed E-state index contributed by atoms with van der Waals surface area (Å²) >= 11 is 0. The zero-order valence-electron chi connectivity index (χ0n) is 14.3. The fraction of sp³-hybridized carbons (Fsp3) is 0.350. The SMILES string of the molecule is O=C(O)C[C@H]1COc2cc(OC3CCc4c3cccc4C(F)(F)F)ccc21. The fourth-order valence-corrected chi connectivity index (χ4v) is 3.88. The van der Waals surface area contributed by atoms with Gasteiger partial charge in [-0.15, -0.1) is 0 Å². The lowest BCUT2D eigenvalue weighted by Crippen LogP contribution is -2.09. The topological polar surface area (TPSA) is 55.8 Å². The molecule has 2 aromatic rings. The molecule has 2 aliphatic rings. The summed E-state index contributed by atoms with van der Waals surface area (Å²) < 4.78 is 51.0. The first kappa shape index (κ1) is 17.7. The number of aliphatic carboxylic acids is 1. The van der Waals surface area contributed by atoms with Gasteiger partial charge in [0, 0.05) is 17.5 Å². The quantitative estimate of drug-likeness (QED) is 0.836. The zero-order valence-corrected chi connectivity index (χ0v) is 14.3. The van der Waals surface area contributed by atoms with Gasteiger partial charge in [-0.2, -0.15) is 13.2 Å². The number of carbonyl (C=O) groups is 1. The molecule has 4 rings (SSSR count). The molecule has 1 heterocycles. The Morgan fingerprint density at radius 1 is 1.22 bits per heavy atom. The van der Waals surface area contributed by atoms with Gasteiger partial charge in [0.2, 0.25) is 0 Å². The lowest BCUT2D eigenvalue weighted by Gasteiger charge is -2.17. The predicted molar refractivity (Wildman–Crippen MR) is 90.1 cm³/mol. The van der Waals surface area contributed by atoms with Gasteiger partial charge in [-0.1, -0.05) is 18.2 Å². The van der Waals surface area contributed by atoms with E-state index in [9.17, 15) is 18.0 Å². The molecule has 27 heavy (non-hydrogen) atoms. The van der Waals surface area contributed by atoms with Gasteiger partial charge < -0.3 is 14.6 Å². The normalized spacial score (nSPS) is 20.7. The molecule has 4 nitrogen and oxygen atoms in total. The largest absolute Gasteiger partial charge is 0.492 e. The molecule has 1 aliphatic carbocycles. The van der Waals surface area contributed by atoms with E-state index in [1.807, 2.05) is 0 Å². The Balaban J connectivity index is 1.55. The average molecular weight is 378 g/mol. The number of carboxylic acid groups (broad SMARTS) is 1. The third-order valence-corrected chi connectivity index (χ3v) is 5.09. The Hall–Kier alpha value is -2.70. The molecule has 0 saturated heterocycles. The van der Waals surface area contributed by atoms with Crippen molar-refractivity contribution in [2.75, 3.05) is 6.61 Å². The van der Waals surface area contributed by atoms with Crippen molar-refractivity contribution in [3.63, 3.8) is 0 Å². The number of carboxylic acids is 1. The summed E-state index contributed by atoms with van der Waals surface area (Å²) in [6.07, 6.45) is -4.04. The third-order valence-electron chi connectivity index (χ3n) is 5.09. The highest BCUT2D eigenvalue weighted by molar-refractivity contribution is 5.68. The minimum Gasteiger partial charge on any atom is -0.492 e. The van der Waals surface area contributed by atoms with Crippen molar-refractivity contribution >= 4 is 5.97 Å². The van der Waals surface area contributed by atoms with Crippen molar-refractivity contribution in [2.45, 2.75) is 37.5 Å². The van der Waals surface area contributed by atoms with E-state index < -0.39 is 23.8 Å². The molecule has 0 fully saturated rings. The summed E-state index contributed by atoms with van der Waals surface area (Å²) in [4.78, 5) is 10.9. The van der Waals surface area contributed by atoms with Crippen LogP contribution in [0.1, 0.15) is 47.1 Å². The van der Waals surface area contributed by atoms with Gasteiger partial charge >= 0.3 is 12.1 Å². The fourth-order valence-electron chi connectivity index (χ4n) is 3.88. The molecule has 142 valence electrons. The molecule has 1 N–H and O–H groups in total. The molecule has 7 heteroatoms. The van der Waals surface area contributed by atoms with Crippen LogP contribution >= 0.6 is 0 Å². The van der Waals surface area contributed by atoms with Crippen LogP contribution in [-0.2, 0) is 17.4 Å². The molecule has 0 radical (unpaired) electrons. The molecular formula is C20H17F3O4. The predicted octanol–water partition coefficient (Wildman–Crippen LogP) is 4.72. The van der Waals surface area contributed by atoms with E-state index in [2.05, 4.69) is 0 Å². The van der Waals surface area contributed by atoms with Crippen LogP contribution in [0, 0.1) is 0 Å². The van der Waals surface area contributed by atoms with E-state index in [-0.39, 0.29) is 12.3 Å². The van der Waals surface area contributed by atoms with Crippen LogP contribution in [0.25, 0.3) is 0 Å². The van der Waals surface area contributed by atoms with E-state index in [0.29, 0.717) is 42.1 Å². The van der Waals surface area contributed by atoms with E-state index >= 15 is 0 Å². The molecule has 2 aromatic carbocycles. The minimum absolute atomic E-state index is 0.0105. The Morgan fingerprint density at radius 2 is 2.04 bits per heavy atom. The number of halogens is 3. The highest BCUT2D eigenvalue weighted by Crippen LogP contribution is 2.43. The molecule has 0 bridgehead atoms. The van der Waals surface area contributed by atoms with Gasteiger partial charge in [0.15, 0.2) is 0 Å². The van der Waals surface area contributed by atoms with E-state index in [0.717, 1.165) is 11.6 Å². The van der Waals surface area contributed by atoms with E-state index in [4.69, 9.17) is 14.6 Å². The van der Waals surface area contributed by atoms with Crippen molar-refractivity contribution in [1.29, 1.82) is 0 Å². The van der Waals surface area contributed by atoms with Crippen molar-refractivity contribution in [3.05, 3.63) is 58.7 Å². The van der Waals surface area contributed by atoms with E-state index in [1.54, 1.807) is 24.3 Å². The maximum Gasteiger partial charge on any atom is 0.416 e. The molecule has 2 atom stereocenters. The lowest BCUT2D eigenvalue weighted by molar-refractivity contribution is -0.138. The van der Waals surface area contributed by atoms with Gasteiger partial charge in [-0.05, 0) is 36.1 Å². The van der Waals surface area contributed by atoms with Crippen molar-refractivity contribution < 1.29 is 32.5 Å². The number of alkyl halides is 3. The van der Waals surface area contributed by atoms with Crippen LogP contribution in [0.2, 0.25) is 0 Å². The van der Waals surface area contributed by atoms with Crippen LogP contribution in [0.3, 0.4) is 0 Å². The maximum absolute atomic E-state index is 13.2. The van der Waals surface area contributed by atoms with Gasteiger partial charge in [0.1, 0.15) is 17.6 Å². The van der Waals surface area contributed by atoms with Crippen molar-refractivity contribution in [2.24, 2.45) is 0 Å². The highest BCUT2D eigenvalue weighted by Gasteiger charge is 2.38. The summed E-state index contributed by atoms with van der Waals surface area (Å²) in [6.45, 7) is 0.298. The Morgan fingerprint density at radius 3 is 2.78 bits per heavy atom. The zero-order chi connectivity index (χ0) is 19.2. The van der Waals surface area contributed by atoms with Crippen LogP contribution in [-0.4, -0.2) is 17.7 Å². The Labute approximate surface area is 153 Å². The average Bonchev–Trinajstić information content (AvgIpc) is 3.18. The van der Waals surface area contributed by atoms with Gasteiger partial charge in [-0.25, -0.2) is 0 Å². The second-order valence-corrected chi connectivity index (χ2v) is 6.82. The molecular weight excluding hydrogens is 361 g/mol. The number of fused-ring (bicyclic) bond motifs is 2. The Bertz CT molecular complexity index is 891. The molecule has 0 spiro atoms. The minimum atomic E-state index is -4.37. The van der Waals surface area contributed by atoms with Gasteiger partial charge in [0.05, 0.1) is 18.6 Å². The second kappa shape index (κ2) is 6.48. The third kappa shape index (κ3) is 3.34. The lowest BCUT2D eigenvalue weighted by atomic mass is 9.98. The number of rotatable bonds is 4. The second-order valence-electron chi connectivity index (χ2n) is 6.82.